The minimum atomic E-state index is 0.209. The molecule has 0 spiro atoms. The highest BCUT2D eigenvalue weighted by atomic mass is 32.2. The van der Waals surface area contributed by atoms with Crippen LogP contribution in [0.4, 0.5) is 0 Å². The lowest BCUT2D eigenvalue weighted by Crippen LogP contribution is -2.19. The standard InChI is InChI=1S/C27H48O2S/c1-3-27(29-24-26-20-16-15-17-21-26)25-28-22-18-13-11-9-7-5-4-6-8-10-12-14-19-23-30-2/h15-17,20-21,27H,3-14,18-19,22-25H2,1-2H3. The fourth-order valence-electron chi connectivity index (χ4n) is 3.68. The second kappa shape index (κ2) is 21.7. The molecule has 0 bridgehead atoms. The van der Waals surface area contributed by atoms with E-state index in [1.54, 1.807) is 0 Å². The Kier molecular flexibility index (Phi) is 19.9. The maximum atomic E-state index is 5.98. The second-order valence-corrected chi connectivity index (χ2v) is 9.48. The lowest BCUT2D eigenvalue weighted by Gasteiger charge is -2.16. The molecule has 3 heteroatoms. The van der Waals surface area contributed by atoms with Gasteiger partial charge in [0.15, 0.2) is 0 Å². The monoisotopic (exact) mass is 436 g/mol. The van der Waals surface area contributed by atoms with Gasteiger partial charge in [0.05, 0.1) is 19.3 Å². The van der Waals surface area contributed by atoms with Crippen molar-refractivity contribution in [3.05, 3.63) is 35.9 Å². The van der Waals surface area contributed by atoms with Crippen molar-refractivity contribution in [1.82, 2.24) is 0 Å². The molecule has 0 aliphatic carbocycles. The molecule has 2 nitrogen and oxygen atoms in total. The van der Waals surface area contributed by atoms with Crippen molar-refractivity contribution in [3.8, 4) is 0 Å². The number of hydrogen-bond donors (Lipinski definition) is 0. The highest BCUT2D eigenvalue weighted by Gasteiger charge is 2.07. The fourth-order valence-corrected chi connectivity index (χ4v) is 4.17. The Balaban J connectivity index is 1.79. The van der Waals surface area contributed by atoms with Gasteiger partial charge in [-0.1, -0.05) is 108 Å². The lowest BCUT2D eigenvalue weighted by atomic mass is 10.0. The molecule has 0 radical (unpaired) electrons. The van der Waals surface area contributed by atoms with Gasteiger partial charge in [-0.25, -0.2) is 0 Å². The number of benzene rings is 1. The first-order valence-electron chi connectivity index (χ1n) is 12.6. The summed E-state index contributed by atoms with van der Waals surface area (Å²) >= 11 is 1.98. The first kappa shape index (κ1) is 27.5. The SMILES string of the molecule is CCC(COCCCCCCCCCCCCCCCSC)OCc1ccccc1. The molecule has 0 saturated carbocycles. The van der Waals surface area contributed by atoms with E-state index in [1.807, 2.05) is 17.8 Å². The molecule has 0 N–H and O–H groups in total. The zero-order valence-corrected chi connectivity index (χ0v) is 20.7. The quantitative estimate of drug-likeness (QED) is 0.170. The van der Waals surface area contributed by atoms with Crippen molar-refractivity contribution in [2.24, 2.45) is 0 Å². The van der Waals surface area contributed by atoms with Crippen molar-refractivity contribution >= 4 is 11.8 Å². The van der Waals surface area contributed by atoms with E-state index < -0.39 is 0 Å². The van der Waals surface area contributed by atoms with Crippen molar-refractivity contribution in [2.75, 3.05) is 25.2 Å². The van der Waals surface area contributed by atoms with Gasteiger partial charge in [0, 0.05) is 6.61 Å². The number of unbranched alkanes of at least 4 members (excludes halogenated alkanes) is 12. The predicted molar refractivity (Wildman–Crippen MR) is 135 cm³/mol. The molecule has 1 aromatic rings. The molecule has 1 atom stereocenters. The molecule has 0 aliphatic rings. The lowest BCUT2D eigenvalue weighted by molar-refractivity contribution is -0.0269. The largest absolute Gasteiger partial charge is 0.379 e. The van der Waals surface area contributed by atoms with E-state index in [4.69, 9.17) is 9.47 Å². The third kappa shape index (κ3) is 17.2. The van der Waals surface area contributed by atoms with Crippen LogP contribution in [0.15, 0.2) is 30.3 Å². The van der Waals surface area contributed by atoms with E-state index in [0.717, 1.165) is 19.6 Å². The van der Waals surface area contributed by atoms with E-state index in [1.165, 1.54) is 94.8 Å². The molecule has 1 unspecified atom stereocenters. The summed E-state index contributed by atoms with van der Waals surface area (Å²) in [6.45, 7) is 4.45. The molecule has 0 aromatic heterocycles. The molecule has 1 rings (SSSR count). The van der Waals surface area contributed by atoms with Gasteiger partial charge in [-0.3, -0.25) is 0 Å². The first-order valence-corrected chi connectivity index (χ1v) is 14.0. The molecular weight excluding hydrogens is 388 g/mol. The summed E-state index contributed by atoms with van der Waals surface area (Å²) in [7, 11) is 0. The molecular formula is C27H48O2S. The minimum Gasteiger partial charge on any atom is -0.379 e. The van der Waals surface area contributed by atoms with Crippen LogP contribution < -0.4 is 0 Å². The summed E-state index contributed by atoms with van der Waals surface area (Å²) in [5.74, 6) is 1.34. The van der Waals surface area contributed by atoms with Gasteiger partial charge < -0.3 is 9.47 Å². The Morgan fingerprint density at radius 2 is 1.27 bits per heavy atom. The van der Waals surface area contributed by atoms with Gasteiger partial charge in [0.25, 0.3) is 0 Å². The van der Waals surface area contributed by atoms with Crippen LogP contribution in [0.25, 0.3) is 0 Å². The Labute approximate surface area is 191 Å². The third-order valence-electron chi connectivity index (χ3n) is 5.72. The van der Waals surface area contributed by atoms with E-state index in [0.29, 0.717) is 6.61 Å². The minimum absolute atomic E-state index is 0.209. The average Bonchev–Trinajstić information content (AvgIpc) is 2.78. The Hall–Kier alpha value is -0.510. The van der Waals surface area contributed by atoms with Crippen molar-refractivity contribution in [2.45, 2.75) is 110 Å². The maximum Gasteiger partial charge on any atom is 0.0810 e. The summed E-state index contributed by atoms with van der Waals surface area (Å²) in [5.41, 5.74) is 1.23. The zero-order chi connectivity index (χ0) is 21.5. The summed E-state index contributed by atoms with van der Waals surface area (Å²) in [4.78, 5) is 0. The maximum absolute atomic E-state index is 5.98. The molecule has 0 aliphatic heterocycles. The Morgan fingerprint density at radius 1 is 0.733 bits per heavy atom. The average molecular weight is 437 g/mol. The molecule has 30 heavy (non-hydrogen) atoms. The van der Waals surface area contributed by atoms with E-state index >= 15 is 0 Å². The molecule has 174 valence electrons. The van der Waals surface area contributed by atoms with Crippen molar-refractivity contribution in [1.29, 1.82) is 0 Å². The van der Waals surface area contributed by atoms with E-state index in [-0.39, 0.29) is 6.10 Å². The fraction of sp³-hybridized carbons (Fsp3) is 0.778. The number of ether oxygens (including phenoxy) is 2. The molecule has 0 heterocycles. The van der Waals surface area contributed by atoms with Crippen LogP contribution in [0.5, 0.6) is 0 Å². The van der Waals surface area contributed by atoms with Gasteiger partial charge in [-0.2, -0.15) is 11.8 Å². The van der Waals surface area contributed by atoms with Crippen LogP contribution >= 0.6 is 11.8 Å². The van der Waals surface area contributed by atoms with Crippen LogP contribution in [0.2, 0.25) is 0 Å². The van der Waals surface area contributed by atoms with Crippen molar-refractivity contribution in [3.63, 3.8) is 0 Å². The topological polar surface area (TPSA) is 18.5 Å². The van der Waals surface area contributed by atoms with Gasteiger partial charge in [-0.15, -0.1) is 0 Å². The first-order chi connectivity index (χ1) is 14.9. The van der Waals surface area contributed by atoms with Gasteiger partial charge >= 0.3 is 0 Å². The highest BCUT2D eigenvalue weighted by molar-refractivity contribution is 7.98. The zero-order valence-electron chi connectivity index (χ0n) is 19.9. The number of rotatable bonds is 22. The molecule has 0 saturated heterocycles. The van der Waals surface area contributed by atoms with Crippen LogP contribution in [0.3, 0.4) is 0 Å². The van der Waals surface area contributed by atoms with E-state index in [2.05, 4.69) is 37.4 Å². The van der Waals surface area contributed by atoms with Gasteiger partial charge in [0.1, 0.15) is 0 Å². The van der Waals surface area contributed by atoms with E-state index in [9.17, 15) is 0 Å². The highest BCUT2D eigenvalue weighted by Crippen LogP contribution is 2.13. The Bertz CT molecular complexity index is 451. The normalized spacial score (nSPS) is 12.3. The summed E-state index contributed by atoms with van der Waals surface area (Å²) in [6, 6.07) is 10.4. The second-order valence-electron chi connectivity index (χ2n) is 8.49. The summed E-state index contributed by atoms with van der Waals surface area (Å²) < 4.78 is 11.8. The van der Waals surface area contributed by atoms with Crippen LogP contribution in [0.1, 0.15) is 102 Å². The number of thioether (sulfide) groups is 1. The van der Waals surface area contributed by atoms with Crippen LogP contribution in [0, 0.1) is 0 Å². The predicted octanol–water partition coefficient (Wildman–Crippen LogP) is 8.43. The molecule has 1 aromatic carbocycles. The van der Waals surface area contributed by atoms with Gasteiger partial charge in [0.2, 0.25) is 0 Å². The van der Waals surface area contributed by atoms with Gasteiger partial charge in [-0.05, 0) is 36.8 Å². The third-order valence-corrected chi connectivity index (χ3v) is 6.42. The summed E-state index contributed by atoms with van der Waals surface area (Å²) in [5, 5.41) is 0. The van der Waals surface area contributed by atoms with Crippen LogP contribution in [-0.2, 0) is 16.1 Å². The number of hydrogen-bond acceptors (Lipinski definition) is 3. The van der Waals surface area contributed by atoms with Crippen molar-refractivity contribution < 1.29 is 9.47 Å². The smallest absolute Gasteiger partial charge is 0.0810 e. The molecule has 0 fully saturated rings. The summed E-state index contributed by atoms with van der Waals surface area (Å²) in [6.07, 6.45) is 21.6. The molecule has 0 amide bonds. The van der Waals surface area contributed by atoms with Crippen LogP contribution in [-0.4, -0.2) is 31.3 Å². The Morgan fingerprint density at radius 3 is 1.80 bits per heavy atom.